The van der Waals surface area contributed by atoms with E-state index in [4.69, 9.17) is 9.98 Å². The highest BCUT2D eigenvalue weighted by Gasteiger charge is 2.38. The van der Waals surface area contributed by atoms with Gasteiger partial charge in [-0.25, -0.2) is 9.47 Å². The van der Waals surface area contributed by atoms with Gasteiger partial charge < -0.3 is 4.98 Å². The molecule has 0 amide bonds. The molecule has 5 nitrogen and oxygen atoms in total. The summed E-state index contributed by atoms with van der Waals surface area (Å²) in [6.07, 6.45) is 4.98. The van der Waals surface area contributed by atoms with E-state index in [1.165, 1.54) is 5.56 Å². The number of benzene rings is 1. The summed E-state index contributed by atoms with van der Waals surface area (Å²) >= 11 is 3.53. The van der Waals surface area contributed by atoms with Gasteiger partial charge in [-0.15, -0.1) is 0 Å². The van der Waals surface area contributed by atoms with E-state index >= 15 is 0 Å². The zero-order chi connectivity index (χ0) is 22.2. The predicted octanol–water partition coefficient (Wildman–Crippen LogP) is 6.54. The monoisotopic (exact) mass is 476 g/mol. The molecule has 6 heteroatoms. The lowest BCUT2D eigenvalue weighted by Crippen LogP contribution is -2.46. The van der Waals surface area contributed by atoms with Gasteiger partial charge in [0, 0.05) is 11.8 Å². The topological polar surface area (TPSA) is 64.8 Å². The molecule has 0 radical (unpaired) electrons. The molecular weight excluding hydrogens is 450 g/mol. The average Bonchev–Trinajstić information content (AvgIpc) is 3.32. The summed E-state index contributed by atoms with van der Waals surface area (Å²) < 4.78 is 1.52. The van der Waals surface area contributed by atoms with Gasteiger partial charge in [0.15, 0.2) is 12.0 Å². The van der Waals surface area contributed by atoms with Crippen LogP contribution < -0.4 is 4.48 Å². The summed E-state index contributed by atoms with van der Waals surface area (Å²) in [5.41, 5.74) is 5.86. The number of aromatic nitrogens is 2. The number of nitrogens with zero attached hydrogens (tertiary/aromatic N) is 4. The first-order chi connectivity index (χ1) is 14.8. The molecule has 0 bridgehead atoms. The van der Waals surface area contributed by atoms with Crippen LogP contribution in [0.4, 0.5) is 11.5 Å². The van der Waals surface area contributed by atoms with Gasteiger partial charge in [0.1, 0.15) is 6.54 Å². The fourth-order valence-corrected chi connectivity index (χ4v) is 4.73. The standard InChI is InChI=1S/C25H27BrN5/c1-5-12-31(16-29-22-17(2)10-11-28-24(22)31)14-18-6-8-19(9-7-18)23-20(13-21(26)30-23)25(3,4)15-27/h6-11,13,16,30H,5,12,14H2,1-4H3/q+1. The normalized spacial score (nSPS) is 17.5. The number of aliphatic imine (C=N–C) groups is 1. The van der Waals surface area contributed by atoms with Crippen LogP contribution in [-0.4, -0.2) is 22.9 Å². The largest absolute Gasteiger partial charge is 0.349 e. The van der Waals surface area contributed by atoms with Crippen molar-refractivity contribution in [3.05, 3.63) is 63.9 Å². The third-order valence-corrected chi connectivity index (χ3v) is 6.43. The first-order valence-corrected chi connectivity index (χ1v) is 11.4. The highest BCUT2D eigenvalue weighted by Crippen LogP contribution is 2.40. The van der Waals surface area contributed by atoms with Gasteiger partial charge in [0.05, 0.1) is 28.3 Å². The van der Waals surface area contributed by atoms with Gasteiger partial charge in [0.25, 0.3) is 5.82 Å². The molecule has 1 atom stereocenters. The van der Waals surface area contributed by atoms with Crippen LogP contribution in [0.2, 0.25) is 0 Å². The summed E-state index contributed by atoms with van der Waals surface area (Å²) in [5.74, 6) is 1.04. The van der Waals surface area contributed by atoms with Gasteiger partial charge in [0.2, 0.25) is 0 Å². The second-order valence-corrected chi connectivity index (χ2v) is 9.65. The Morgan fingerprint density at radius 3 is 2.61 bits per heavy atom. The van der Waals surface area contributed by atoms with Crippen molar-refractivity contribution < 1.29 is 0 Å². The van der Waals surface area contributed by atoms with Gasteiger partial charge in [-0.05, 0) is 71.9 Å². The molecule has 0 saturated carbocycles. The molecule has 1 aliphatic rings. The van der Waals surface area contributed by atoms with Crippen molar-refractivity contribution in [1.29, 1.82) is 5.26 Å². The third kappa shape index (κ3) is 3.84. The van der Waals surface area contributed by atoms with Crippen LogP contribution in [0, 0.1) is 18.3 Å². The van der Waals surface area contributed by atoms with Crippen molar-refractivity contribution in [3.8, 4) is 17.3 Å². The van der Waals surface area contributed by atoms with E-state index in [2.05, 4.69) is 71.4 Å². The number of nitriles is 1. The lowest BCUT2D eigenvalue weighted by Gasteiger charge is -2.29. The molecule has 1 N–H and O–H groups in total. The minimum atomic E-state index is -0.577. The number of quaternary nitrogens is 1. The Kier molecular flexibility index (Phi) is 5.59. The Hall–Kier alpha value is -2.75. The van der Waals surface area contributed by atoms with Crippen molar-refractivity contribution in [2.45, 2.75) is 46.1 Å². The Morgan fingerprint density at radius 1 is 1.19 bits per heavy atom. The maximum absolute atomic E-state index is 9.61. The minimum absolute atomic E-state index is 0.577. The summed E-state index contributed by atoms with van der Waals surface area (Å²) in [5, 5.41) is 9.61. The van der Waals surface area contributed by atoms with Crippen LogP contribution in [-0.2, 0) is 12.0 Å². The second kappa shape index (κ2) is 8.07. The number of nitrogens with one attached hydrogen (secondary N) is 1. The van der Waals surface area contributed by atoms with E-state index < -0.39 is 5.41 Å². The van der Waals surface area contributed by atoms with Crippen LogP contribution in [0.15, 0.2) is 52.2 Å². The lowest BCUT2D eigenvalue weighted by atomic mass is 9.85. The number of aromatic amines is 1. The molecule has 158 valence electrons. The fraction of sp³-hybridized carbons (Fsp3) is 0.320. The summed E-state index contributed by atoms with van der Waals surface area (Å²) in [4.78, 5) is 12.8. The SMILES string of the molecule is CCC[N+]1(Cc2ccc(-c3[nH]c(Br)cc3C(C)(C)C#N)cc2)C=Nc2c(C)ccnc21. The van der Waals surface area contributed by atoms with E-state index in [1.54, 1.807) is 0 Å². The van der Waals surface area contributed by atoms with Crippen LogP contribution in [0.1, 0.15) is 43.9 Å². The van der Waals surface area contributed by atoms with Crippen LogP contribution in [0.3, 0.4) is 0 Å². The van der Waals surface area contributed by atoms with Crippen LogP contribution in [0.5, 0.6) is 0 Å². The van der Waals surface area contributed by atoms with Crippen molar-refractivity contribution in [3.63, 3.8) is 0 Å². The third-order valence-electron chi connectivity index (χ3n) is 6.00. The quantitative estimate of drug-likeness (QED) is 0.410. The fourth-order valence-electron chi connectivity index (χ4n) is 4.31. The number of fused-ring (bicyclic) bond motifs is 1. The Balaban J connectivity index is 1.67. The van der Waals surface area contributed by atoms with Gasteiger partial charge >= 0.3 is 0 Å². The molecule has 1 aromatic carbocycles. The smallest absolute Gasteiger partial charge is 0.260 e. The molecule has 1 unspecified atom stereocenters. The highest BCUT2D eigenvalue weighted by molar-refractivity contribution is 9.10. The number of hydrogen-bond donors (Lipinski definition) is 1. The number of rotatable bonds is 6. The second-order valence-electron chi connectivity index (χ2n) is 8.80. The first kappa shape index (κ1) is 21.5. The summed E-state index contributed by atoms with van der Waals surface area (Å²) in [7, 11) is 0. The zero-order valence-corrected chi connectivity index (χ0v) is 20.0. The number of hydrogen-bond acceptors (Lipinski definition) is 3. The van der Waals surface area contributed by atoms with Crippen molar-refractivity contribution in [2.75, 3.05) is 6.54 Å². The molecule has 4 rings (SSSR count). The van der Waals surface area contributed by atoms with Crippen LogP contribution >= 0.6 is 15.9 Å². The predicted molar refractivity (Wildman–Crippen MR) is 130 cm³/mol. The number of H-pyrrole nitrogens is 1. The van der Waals surface area contributed by atoms with E-state index in [0.29, 0.717) is 4.48 Å². The number of halogens is 1. The molecule has 0 saturated heterocycles. The Bertz CT molecular complexity index is 1180. The van der Waals surface area contributed by atoms with Gasteiger partial charge in [-0.1, -0.05) is 31.2 Å². The van der Waals surface area contributed by atoms with Gasteiger partial charge in [-0.2, -0.15) is 10.3 Å². The molecular formula is C25H27BrN5+. The van der Waals surface area contributed by atoms with Crippen molar-refractivity contribution in [1.82, 2.24) is 14.5 Å². The zero-order valence-electron chi connectivity index (χ0n) is 18.4. The van der Waals surface area contributed by atoms with E-state index in [-0.39, 0.29) is 0 Å². The molecule has 31 heavy (non-hydrogen) atoms. The Labute approximate surface area is 192 Å². The maximum atomic E-state index is 9.61. The van der Waals surface area contributed by atoms with E-state index in [9.17, 15) is 5.26 Å². The molecule has 3 heterocycles. The van der Waals surface area contributed by atoms with Crippen molar-refractivity contribution in [2.24, 2.45) is 4.99 Å². The summed E-state index contributed by atoms with van der Waals surface area (Å²) in [6, 6.07) is 15.0. The molecule has 0 fully saturated rings. The molecule has 0 spiro atoms. The number of pyridine rings is 1. The van der Waals surface area contributed by atoms with Crippen molar-refractivity contribution >= 4 is 33.8 Å². The lowest BCUT2D eigenvalue weighted by molar-refractivity contribution is 0.412. The van der Waals surface area contributed by atoms with Gasteiger partial charge in [-0.3, -0.25) is 0 Å². The van der Waals surface area contributed by atoms with E-state index in [1.807, 2.05) is 32.2 Å². The highest BCUT2D eigenvalue weighted by atomic mass is 79.9. The molecule has 2 aromatic heterocycles. The molecule has 1 aliphatic heterocycles. The average molecular weight is 477 g/mol. The van der Waals surface area contributed by atoms with Crippen LogP contribution in [0.25, 0.3) is 11.3 Å². The molecule has 3 aromatic rings. The van der Waals surface area contributed by atoms with E-state index in [0.717, 1.165) is 58.0 Å². The summed E-state index contributed by atoms with van der Waals surface area (Å²) in [6.45, 7) is 9.95. The molecule has 0 aliphatic carbocycles. The first-order valence-electron chi connectivity index (χ1n) is 10.6. The minimum Gasteiger partial charge on any atom is -0.349 e. The number of aryl methyl sites for hydroxylation is 1. The maximum Gasteiger partial charge on any atom is 0.260 e. The Morgan fingerprint density at radius 2 is 1.94 bits per heavy atom.